The van der Waals surface area contributed by atoms with Crippen molar-refractivity contribution in [1.29, 1.82) is 0 Å². The highest BCUT2D eigenvalue weighted by Crippen LogP contribution is 2.53. The van der Waals surface area contributed by atoms with Crippen molar-refractivity contribution < 1.29 is 4.74 Å². The minimum atomic E-state index is 0.372. The van der Waals surface area contributed by atoms with Crippen LogP contribution in [0.4, 0.5) is 11.4 Å². The summed E-state index contributed by atoms with van der Waals surface area (Å²) in [5.74, 6) is 0.637. The molecule has 1 saturated carbocycles. The van der Waals surface area contributed by atoms with Gasteiger partial charge in [0.1, 0.15) is 0 Å². The molecular weight excluding hydrogens is 406 g/mol. The first-order valence-corrected chi connectivity index (χ1v) is 13.6. The molecular formula is C29H49N3O. The van der Waals surface area contributed by atoms with Crippen LogP contribution in [0.1, 0.15) is 84.6 Å². The summed E-state index contributed by atoms with van der Waals surface area (Å²) in [6, 6.07) is 7.42. The molecule has 4 heteroatoms. The molecule has 33 heavy (non-hydrogen) atoms. The smallest absolute Gasteiger partial charge is 0.0762 e. The molecule has 0 bridgehead atoms. The third kappa shape index (κ3) is 6.06. The highest BCUT2D eigenvalue weighted by molar-refractivity contribution is 5.64. The van der Waals surface area contributed by atoms with Gasteiger partial charge in [-0.3, -0.25) is 4.90 Å². The fraction of sp³-hybridized carbons (Fsp3) is 0.793. The molecule has 0 N–H and O–H groups in total. The quantitative estimate of drug-likeness (QED) is 0.490. The lowest BCUT2D eigenvalue weighted by atomic mass is 9.60. The van der Waals surface area contributed by atoms with E-state index in [1.807, 2.05) is 7.11 Å². The average Bonchev–Trinajstić information content (AvgIpc) is 3.25. The van der Waals surface area contributed by atoms with Crippen LogP contribution >= 0.6 is 0 Å². The number of anilines is 2. The van der Waals surface area contributed by atoms with Crippen molar-refractivity contribution in [1.82, 2.24) is 4.90 Å². The van der Waals surface area contributed by atoms with Crippen molar-refractivity contribution in [2.75, 3.05) is 62.7 Å². The maximum absolute atomic E-state index is 5.67. The lowest BCUT2D eigenvalue weighted by Crippen LogP contribution is -2.47. The molecule has 1 aromatic carbocycles. The summed E-state index contributed by atoms with van der Waals surface area (Å²) in [4.78, 5) is 7.90. The van der Waals surface area contributed by atoms with Gasteiger partial charge in [0.2, 0.25) is 0 Å². The second-order valence-electron chi connectivity index (χ2n) is 12.6. The number of methoxy groups -OCH3 is 1. The van der Waals surface area contributed by atoms with Crippen LogP contribution in [0, 0.1) is 10.8 Å². The van der Waals surface area contributed by atoms with Crippen LogP contribution in [0.5, 0.6) is 0 Å². The number of nitrogens with zero attached hydrogens (tertiary/aromatic N) is 3. The maximum atomic E-state index is 5.67. The van der Waals surface area contributed by atoms with E-state index in [2.05, 4.69) is 67.5 Å². The van der Waals surface area contributed by atoms with Gasteiger partial charge in [0, 0.05) is 57.8 Å². The lowest BCUT2D eigenvalue weighted by Gasteiger charge is -2.46. The van der Waals surface area contributed by atoms with E-state index in [9.17, 15) is 0 Å². The fourth-order valence-electron chi connectivity index (χ4n) is 7.17. The van der Waals surface area contributed by atoms with Crippen LogP contribution in [0.2, 0.25) is 0 Å². The first-order chi connectivity index (χ1) is 15.7. The van der Waals surface area contributed by atoms with E-state index < -0.39 is 0 Å². The van der Waals surface area contributed by atoms with E-state index in [4.69, 9.17) is 4.74 Å². The SMILES string of the molecule is CCCCN1CCN(c2ccc(N3CC[C@@H](OC)C3)cc2C2CC(C)(C)CC(C)(C)C2)CC1. The Morgan fingerprint density at radius 1 is 0.939 bits per heavy atom. The normalized spacial score (nSPS) is 26.2. The number of hydrogen-bond donors (Lipinski definition) is 0. The summed E-state index contributed by atoms with van der Waals surface area (Å²) in [7, 11) is 1.86. The third-order valence-corrected chi connectivity index (χ3v) is 8.39. The van der Waals surface area contributed by atoms with Gasteiger partial charge < -0.3 is 14.5 Å². The van der Waals surface area contributed by atoms with Gasteiger partial charge in [0.25, 0.3) is 0 Å². The van der Waals surface area contributed by atoms with Gasteiger partial charge in [0.05, 0.1) is 6.10 Å². The molecule has 1 aromatic rings. The standard InChI is InChI=1S/C29H49N3O/c1-7-8-12-30-14-16-31(17-15-30)27-10-9-24(32-13-11-25(21-32)33-6)18-26(27)23-19-28(2,3)22-29(4,5)20-23/h9-10,18,23,25H,7-8,11-17,19-22H2,1-6H3/t25-/m1/s1. The lowest BCUT2D eigenvalue weighted by molar-refractivity contribution is 0.0970. The monoisotopic (exact) mass is 455 g/mol. The van der Waals surface area contributed by atoms with Crippen LogP contribution in [0.15, 0.2) is 18.2 Å². The molecule has 186 valence electrons. The summed E-state index contributed by atoms with van der Waals surface area (Å²) < 4.78 is 5.67. The van der Waals surface area contributed by atoms with Gasteiger partial charge >= 0.3 is 0 Å². The molecule has 4 rings (SSSR count). The largest absolute Gasteiger partial charge is 0.380 e. The molecule has 3 fully saturated rings. The number of piperazine rings is 1. The van der Waals surface area contributed by atoms with Crippen molar-refractivity contribution in [2.24, 2.45) is 10.8 Å². The Bertz CT molecular complexity index is 765. The topological polar surface area (TPSA) is 19.0 Å². The number of unbranched alkanes of at least 4 members (excludes halogenated alkanes) is 1. The molecule has 0 radical (unpaired) electrons. The molecule has 2 saturated heterocycles. The summed E-state index contributed by atoms with van der Waals surface area (Å²) >= 11 is 0. The van der Waals surface area contributed by atoms with Crippen LogP contribution in [-0.4, -0.2) is 63.9 Å². The van der Waals surface area contributed by atoms with Gasteiger partial charge in [-0.2, -0.15) is 0 Å². The molecule has 0 aromatic heterocycles. The van der Waals surface area contributed by atoms with Gasteiger partial charge in [-0.1, -0.05) is 41.0 Å². The fourth-order valence-corrected chi connectivity index (χ4v) is 7.17. The molecule has 1 aliphatic carbocycles. The average molecular weight is 456 g/mol. The summed E-state index contributed by atoms with van der Waals surface area (Å²) in [6.07, 6.45) is 8.04. The van der Waals surface area contributed by atoms with Gasteiger partial charge in [0.15, 0.2) is 0 Å². The highest BCUT2D eigenvalue weighted by Gasteiger charge is 2.40. The number of rotatable bonds is 7. The van der Waals surface area contributed by atoms with E-state index in [1.165, 1.54) is 63.1 Å². The van der Waals surface area contributed by atoms with E-state index in [0.717, 1.165) is 32.6 Å². The van der Waals surface area contributed by atoms with Crippen LogP contribution in [-0.2, 0) is 4.74 Å². The van der Waals surface area contributed by atoms with E-state index >= 15 is 0 Å². The Kier molecular flexibility index (Phi) is 7.65. The Hall–Kier alpha value is -1.26. The number of ether oxygens (including phenoxy) is 1. The Labute approximate surface area is 203 Å². The molecule has 3 aliphatic rings. The van der Waals surface area contributed by atoms with Crippen LogP contribution in [0.3, 0.4) is 0 Å². The predicted molar refractivity (Wildman–Crippen MR) is 142 cm³/mol. The summed E-state index contributed by atoms with van der Waals surface area (Å²) in [5.41, 5.74) is 5.31. The zero-order valence-electron chi connectivity index (χ0n) is 22.3. The molecule has 2 aliphatic heterocycles. The van der Waals surface area contributed by atoms with Crippen molar-refractivity contribution in [3.8, 4) is 0 Å². The third-order valence-electron chi connectivity index (χ3n) is 8.39. The highest BCUT2D eigenvalue weighted by atomic mass is 16.5. The molecule has 0 spiro atoms. The van der Waals surface area contributed by atoms with Crippen LogP contribution in [0.25, 0.3) is 0 Å². The molecule has 0 unspecified atom stereocenters. The van der Waals surface area contributed by atoms with Crippen molar-refractivity contribution >= 4 is 11.4 Å². The molecule has 1 atom stereocenters. The minimum absolute atomic E-state index is 0.372. The first-order valence-electron chi connectivity index (χ1n) is 13.6. The van der Waals surface area contributed by atoms with Gasteiger partial charge in [-0.15, -0.1) is 0 Å². The molecule has 2 heterocycles. The predicted octanol–water partition coefficient (Wildman–Crippen LogP) is 6.15. The second kappa shape index (κ2) is 10.2. The molecule has 4 nitrogen and oxygen atoms in total. The van der Waals surface area contributed by atoms with Gasteiger partial charge in [-0.05, 0) is 79.2 Å². The van der Waals surface area contributed by atoms with Gasteiger partial charge in [-0.25, -0.2) is 0 Å². The van der Waals surface area contributed by atoms with E-state index in [0.29, 0.717) is 22.9 Å². The number of benzene rings is 1. The second-order valence-corrected chi connectivity index (χ2v) is 12.6. The van der Waals surface area contributed by atoms with Crippen molar-refractivity contribution in [3.05, 3.63) is 23.8 Å². The Balaban J connectivity index is 1.61. The summed E-state index contributed by atoms with van der Waals surface area (Å²) in [6.45, 7) is 20.3. The van der Waals surface area contributed by atoms with Crippen molar-refractivity contribution in [3.63, 3.8) is 0 Å². The maximum Gasteiger partial charge on any atom is 0.0762 e. The van der Waals surface area contributed by atoms with E-state index in [1.54, 1.807) is 5.56 Å². The summed E-state index contributed by atoms with van der Waals surface area (Å²) in [5, 5.41) is 0. The Morgan fingerprint density at radius 2 is 1.64 bits per heavy atom. The Morgan fingerprint density at radius 3 is 2.24 bits per heavy atom. The molecule has 0 amide bonds. The minimum Gasteiger partial charge on any atom is -0.380 e. The van der Waals surface area contributed by atoms with Crippen molar-refractivity contribution in [2.45, 2.75) is 85.2 Å². The van der Waals surface area contributed by atoms with E-state index in [-0.39, 0.29) is 0 Å². The zero-order valence-corrected chi connectivity index (χ0v) is 22.3. The zero-order chi connectivity index (χ0) is 23.6. The van der Waals surface area contributed by atoms with Crippen LogP contribution < -0.4 is 9.80 Å². The number of hydrogen-bond acceptors (Lipinski definition) is 4. The first kappa shape index (κ1) is 24.9.